The average molecular weight is 302 g/mol. The van der Waals surface area contributed by atoms with Crippen LogP contribution in [0.1, 0.15) is 6.42 Å². The van der Waals surface area contributed by atoms with E-state index in [4.69, 9.17) is 17.3 Å². The Kier molecular flexibility index (Phi) is 3.86. The Hall–Kier alpha value is -2.36. The largest absolute Gasteiger partial charge is 0.398 e. The number of nitrogens with two attached hydrogens (primary N) is 1. The zero-order chi connectivity index (χ0) is 14.7. The van der Waals surface area contributed by atoms with E-state index in [9.17, 15) is 0 Å². The highest BCUT2D eigenvalue weighted by Crippen LogP contribution is 2.18. The molecule has 0 radical (unpaired) electrons. The summed E-state index contributed by atoms with van der Waals surface area (Å²) in [6.45, 7) is 1.99. The van der Waals surface area contributed by atoms with Gasteiger partial charge < -0.3 is 10.6 Å². The Bertz CT molecular complexity index is 660. The molecule has 21 heavy (non-hydrogen) atoms. The molecule has 0 amide bonds. The molecule has 1 aliphatic carbocycles. The average Bonchev–Trinajstić information content (AvgIpc) is 2.53. The summed E-state index contributed by atoms with van der Waals surface area (Å²) in [5.41, 5.74) is 7.65. The van der Waals surface area contributed by atoms with Crippen LogP contribution in [0.15, 0.2) is 48.0 Å². The first kappa shape index (κ1) is 13.6. The molecular weight excluding hydrogens is 286 g/mol. The molecule has 5 nitrogen and oxygen atoms in total. The smallest absolute Gasteiger partial charge is 0.369 e. The summed E-state index contributed by atoms with van der Waals surface area (Å²) in [4.78, 5) is 9.36. The van der Waals surface area contributed by atoms with Crippen molar-refractivity contribution in [3.63, 3.8) is 0 Å². The minimum atomic E-state index is 0.287. The standard InChI is InChI=1S/C15H15ClN5/c16-13-10-18-15(20-14(13)17)19-11-4-6-12(7-5-11)21-8-2-1-3-9-21/h1-2,4,6-7,10H,3,8-9H2,(H3,17,18,19,20)/q+1/p+1. The van der Waals surface area contributed by atoms with Gasteiger partial charge in [-0.2, -0.15) is 0 Å². The maximum Gasteiger partial charge on any atom is 0.398 e. The summed E-state index contributed by atoms with van der Waals surface area (Å²) in [5.74, 6) is 0.816. The van der Waals surface area contributed by atoms with Crippen LogP contribution in [-0.2, 0) is 0 Å². The van der Waals surface area contributed by atoms with Crippen LogP contribution in [0.4, 0.5) is 11.8 Å². The molecule has 0 bridgehead atoms. The number of nitrogens with one attached hydrogen (secondary N) is 2. The maximum absolute atomic E-state index is 5.83. The van der Waals surface area contributed by atoms with Crippen molar-refractivity contribution in [1.29, 1.82) is 0 Å². The third kappa shape index (κ3) is 3.21. The van der Waals surface area contributed by atoms with E-state index in [1.165, 1.54) is 0 Å². The molecule has 0 atom stereocenters. The zero-order valence-corrected chi connectivity index (χ0v) is 12.2. The van der Waals surface area contributed by atoms with Crippen molar-refractivity contribution >= 4 is 23.4 Å². The number of aromatic nitrogens is 2. The van der Waals surface area contributed by atoms with Gasteiger partial charge in [0.25, 0.3) is 5.70 Å². The molecule has 1 aromatic heterocycles. The highest BCUT2D eigenvalue weighted by molar-refractivity contribution is 6.32. The molecule has 4 N–H and O–H groups in total. The maximum atomic E-state index is 5.83. The fourth-order valence-corrected chi connectivity index (χ4v) is 2.27. The Morgan fingerprint density at radius 3 is 2.95 bits per heavy atom. The first-order valence-corrected chi connectivity index (χ1v) is 7.12. The van der Waals surface area contributed by atoms with E-state index < -0.39 is 0 Å². The summed E-state index contributed by atoms with van der Waals surface area (Å²) in [5, 5.41) is 3.51. The van der Waals surface area contributed by atoms with Gasteiger partial charge in [-0.1, -0.05) is 28.7 Å². The minimum absolute atomic E-state index is 0.287. The molecule has 6 heteroatoms. The molecule has 2 aliphatic rings. The van der Waals surface area contributed by atoms with Gasteiger partial charge in [0.05, 0.1) is 24.4 Å². The molecule has 0 fully saturated rings. The van der Waals surface area contributed by atoms with E-state index in [-0.39, 0.29) is 5.82 Å². The Morgan fingerprint density at radius 1 is 1.38 bits per heavy atom. The van der Waals surface area contributed by atoms with Gasteiger partial charge in [0.15, 0.2) is 0 Å². The van der Waals surface area contributed by atoms with Crippen molar-refractivity contribution in [3.8, 4) is 0 Å². The second-order valence-corrected chi connectivity index (χ2v) is 5.18. The topological polar surface area (TPSA) is 68.3 Å². The number of halogens is 1. The van der Waals surface area contributed by atoms with Crippen LogP contribution in [0, 0.1) is 6.08 Å². The van der Waals surface area contributed by atoms with Gasteiger partial charge in [0.1, 0.15) is 16.8 Å². The lowest BCUT2D eigenvalue weighted by Crippen LogP contribution is -2.26. The van der Waals surface area contributed by atoms with Gasteiger partial charge in [0.2, 0.25) is 5.82 Å². The number of anilines is 2. The molecule has 0 saturated heterocycles. The summed E-state index contributed by atoms with van der Waals surface area (Å²) in [6, 6.07) is 0. The lowest BCUT2D eigenvalue weighted by Gasteiger charge is -2.22. The van der Waals surface area contributed by atoms with Gasteiger partial charge in [-0.25, -0.2) is 10.3 Å². The number of aromatic amines is 1. The molecular formula is C15H16ClN5+2. The Morgan fingerprint density at radius 2 is 2.29 bits per heavy atom. The molecule has 3 rings (SSSR count). The highest BCUT2D eigenvalue weighted by atomic mass is 35.5. The van der Waals surface area contributed by atoms with Crippen molar-refractivity contribution in [3.05, 3.63) is 59.1 Å². The minimum Gasteiger partial charge on any atom is -0.369 e. The molecule has 0 unspecified atom stereocenters. The van der Waals surface area contributed by atoms with Gasteiger partial charge in [0, 0.05) is 13.1 Å². The molecule has 1 aromatic rings. The predicted molar refractivity (Wildman–Crippen MR) is 83.1 cm³/mol. The third-order valence-electron chi connectivity index (χ3n) is 3.29. The van der Waals surface area contributed by atoms with Crippen molar-refractivity contribution in [2.45, 2.75) is 6.42 Å². The zero-order valence-electron chi connectivity index (χ0n) is 11.4. The fourth-order valence-electron chi connectivity index (χ4n) is 2.17. The van der Waals surface area contributed by atoms with Crippen LogP contribution in [-0.4, -0.2) is 23.0 Å². The molecule has 0 saturated carbocycles. The number of rotatable bonds is 3. The quantitative estimate of drug-likeness (QED) is 0.661. The van der Waals surface area contributed by atoms with E-state index in [2.05, 4.69) is 44.5 Å². The number of hydrogen-bond donors (Lipinski definition) is 2. The number of allylic oxidation sites excluding steroid dienone is 4. The molecule has 0 spiro atoms. The van der Waals surface area contributed by atoms with E-state index in [1.54, 1.807) is 6.20 Å². The molecule has 2 heterocycles. The van der Waals surface area contributed by atoms with Crippen LogP contribution >= 0.6 is 11.6 Å². The summed E-state index contributed by atoms with van der Waals surface area (Å²) in [7, 11) is 0. The van der Waals surface area contributed by atoms with Gasteiger partial charge >= 0.3 is 5.95 Å². The van der Waals surface area contributed by atoms with E-state index in [0.717, 1.165) is 30.9 Å². The monoisotopic (exact) mass is 301 g/mol. The number of nitrogens with zero attached hydrogens (tertiary/aromatic N) is 2. The van der Waals surface area contributed by atoms with E-state index in [0.29, 0.717) is 11.0 Å². The summed E-state index contributed by atoms with van der Waals surface area (Å²) >= 11 is 5.83. The number of H-pyrrole nitrogens is 1. The van der Waals surface area contributed by atoms with Crippen LogP contribution in [0.5, 0.6) is 0 Å². The molecule has 1 aliphatic heterocycles. The SMILES string of the molecule is Nc1nc(NC2=[C+]C=C(N3CC=CCC3)C=C2)[nH+]cc1Cl. The predicted octanol–water partition coefficient (Wildman–Crippen LogP) is 1.95. The van der Waals surface area contributed by atoms with Crippen LogP contribution in [0.3, 0.4) is 0 Å². The normalized spacial score (nSPS) is 17.1. The van der Waals surface area contributed by atoms with Crippen LogP contribution < -0.4 is 16.0 Å². The second-order valence-electron chi connectivity index (χ2n) is 4.77. The van der Waals surface area contributed by atoms with Gasteiger partial charge in [-0.3, -0.25) is 0 Å². The fraction of sp³-hybridized carbons (Fsp3) is 0.200. The van der Waals surface area contributed by atoms with E-state index >= 15 is 0 Å². The molecule has 106 valence electrons. The molecule has 0 aromatic carbocycles. The first-order valence-electron chi connectivity index (χ1n) is 6.75. The van der Waals surface area contributed by atoms with Crippen molar-refractivity contribution in [2.24, 2.45) is 0 Å². The van der Waals surface area contributed by atoms with Gasteiger partial charge in [-0.15, -0.1) is 0 Å². The number of nitrogen functional groups attached to an aromatic ring is 1. The van der Waals surface area contributed by atoms with Crippen LogP contribution in [0.2, 0.25) is 5.02 Å². The highest BCUT2D eigenvalue weighted by Gasteiger charge is 2.20. The van der Waals surface area contributed by atoms with E-state index in [1.807, 2.05) is 12.2 Å². The summed E-state index contributed by atoms with van der Waals surface area (Å²) < 4.78 is 0. The number of hydrogen-bond acceptors (Lipinski definition) is 4. The van der Waals surface area contributed by atoms with Crippen molar-refractivity contribution < 1.29 is 4.98 Å². The van der Waals surface area contributed by atoms with Crippen molar-refractivity contribution in [1.82, 2.24) is 9.88 Å². The van der Waals surface area contributed by atoms with Crippen LogP contribution in [0.25, 0.3) is 0 Å². The van der Waals surface area contributed by atoms with Gasteiger partial charge in [-0.05, 0) is 6.42 Å². The Labute approximate surface area is 128 Å². The van der Waals surface area contributed by atoms with Crippen molar-refractivity contribution in [2.75, 3.05) is 24.1 Å². The third-order valence-corrected chi connectivity index (χ3v) is 3.59. The summed E-state index contributed by atoms with van der Waals surface area (Å²) in [6.07, 6.45) is 16.3. The second kappa shape index (κ2) is 5.95. The Balaban J connectivity index is 1.69. The first-order chi connectivity index (χ1) is 10.2. The lowest BCUT2D eigenvalue weighted by atomic mass is 10.1. The lowest BCUT2D eigenvalue weighted by molar-refractivity contribution is -0.364.